The first-order valence-electron chi connectivity index (χ1n) is 15.8. The number of hydrogen-bond donors (Lipinski definition) is 1. The summed E-state index contributed by atoms with van der Waals surface area (Å²) in [7, 11) is 0. The van der Waals surface area contributed by atoms with E-state index in [1.807, 2.05) is 0 Å². The summed E-state index contributed by atoms with van der Waals surface area (Å²) >= 11 is 0. The molecule has 0 spiro atoms. The Bertz CT molecular complexity index is 577. The number of carbonyl (C=O) groups excluding carboxylic acids is 1. The Kier molecular flexibility index (Phi) is 35.4. The number of esters is 1. The zero-order valence-electron chi connectivity index (χ0n) is 25.4. The van der Waals surface area contributed by atoms with E-state index < -0.39 is 5.97 Å². The van der Waals surface area contributed by atoms with E-state index >= 15 is 0 Å². The van der Waals surface area contributed by atoms with Gasteiger partial charge < -0.3 is 9.84 Å². The summed E-state index contributed by atoms with van der Waals surface area (Å²) < 4.78 is 4.89. The van der Waals surface area contributed by atoms with Crippen molar-refractivity contribution in [2.24, 2.45) is 0 Å². The van der Waals surface area contributed by atoms with Crippen LogP contribution >= 0.6 is 0 Å². The quantitative estimate of drug-likeness (QED) is 0.0681. The molecule has 4 nitrogen and oxygen atoms in total. The lowest BCUT2D eigenvalue weighted by Crippen LogP contribution is -1.99. The summed E-state index contributed by atoms with van der Waals surface area (Å²) in [6.45, 7) is 6.50. The Hall–Kier alpha value is -1.84. The SMILES string of the molecule is CCCC/C=C\CCCCCCCCCC(=O)O.CCCCC=CCC/C=C/CCCCCCOC(C)=O. The number of aliphatic carboxylic acids is 1. The predicted octanol–water partition coefficient (Wildman–Crippen LogP) is 10.9. The van der Waals surface area contributed by atoms with Gasteiger partial charge in [-0.05, 0) is 64.2 Å². The van der Waals surface area contributed by atoms with E-state index in [1.165, 1.54) is 110 Å². The highest BCUT2D eigenvalue weighted by Crippen LogP contribution is 2.10. The fourth-order valence-corrected chi connectivity index (χ4v) is 3.90. The van der Waals surface area contributed by atoms with Crippen molar-refractivity contribution < 1.29 is 19.4 Å². The largest absolute Gasteiger partial charge is 0.481 e. The van der Waals surface area contributed by atoms with Crippen LogP contribution < -0.4 is 0 Å². The lowest BCUT2D eigenvalue weighted by atomic mass is 10.1. The summed E-state index contributed by atoms with van der Waals surface area (Å²) in [6, 6.07) is 0. The molecule has 0 bridgehead atoms. The standard InChI is InChI=1S/C18H32O2.C16H30O2/c1-3-4-5-6-7-8-9-10-11-12-13-14-15-16-17-20-18(2)19;1-2-3-4-5-6-7-8-9-10-11-12-13-14-15-16(17)18/h6-7,10-11H,3-5,8-9,12-17H2,1-2H3;5-6H,2-4,7-15H2,1H3,(H,17,18)/b7-6?,11-10+;6-5-. The van der Waals surface area contributed by atoms with Crippen molar-refractivity contribution in [2.75, 3.05) is 6.61 Å². The van der Waals surface area contributed by atoms with Crippen LogP contribution in [0, 0.1) is 0 Å². The van der Waals surface area contributed by atoms with Gasteiger partial charge in [-0.25, -0.2) is 0 Å². The fourth-order valence-electron chi connectivity index (χ4n) is 3.90. The van der Waals surface area contributed by atoms with Crippen LogP contribution in [0.5, 0.6) is 0 Å². The molecule has 0 aromatic carbocycles. The summed E-state index contributed by atoms with van der Waals surface area (Å²) in [4.78, 5) is 20.8. The van der Waals surface area contributed by atoms with Gasteiger partial charge in [0.1, 0.15) is 0 Å². The number of ether oxygens (including phenoxy) is 1. The normalized spacial score (nSPS) is 11.3. The lowest BCUT2D eigenvalue weighted by Gasteiger charge is -2.00. The molecule has 0 rings (SSSR count). The lowest BCUT2D eigenvalue weighted by molar-refractivity contribution is -0.141. The van der Waals surface area contributed by atoms with Gasteiger partial charge in [-0.1, -0.05) is 121 Å². The van der Waals surface area contributed by atoms with Gasteiger partial charge in [0.15, 0.2) is 0 Å². The van der Waals surface area contributed by atoms with Crippen molar-refractivity contribution in [2.45, 2.75) is 162 Å². The molecule has 0 fully saturated rings. The summed E-state index contributed by atoms with van der Waals surface area (Å²) in [5, 5.41) is 8.48. The van der Waals surface area contributed by atoms with Gasteiger partial charge in [0.25, 0.3) is 0 Å². The molecular weight excluding hydrogens is 472 g/mol. The molecule has 0 saturated carbocycles. The van der Waals surface area contributed by atoms with E-state index in [-0.39, 0.29) is 5.97 Å². The van der Waals surface area contributed by atoms with Crippen LogP contribution in [0.15, 0.2) is 36.5 Å². The maximum Gasteiger partial charge on any atom is 0.303 e. The first-order valence-corrected chi connectivity index (χ1v) is 15.8. The molecule has 0 atom stereocenters. The monoisotopic (exact) mass is 534 g/mol. The number of allylic oxidation sites excluding steroid dienone is 6. The van der Waals surface area contributed by atoms with Gasteiger partial charge >= 0.3 is 11.9 Å². The number of hydrogen-bond acceptors (Lipinski definition) is 3. The predicted molar refractivity (Wildman–Crippen MR) is 165 cm³/mol. The molecule has 0 amide bonds. The van der Waals surface area contributed by atoms with Crippen LogP contribution in [0.1, 0.15) is 162 Å². The van der Waals surface area contributed by atoms with Gasteiger partial charge in [0, 0.05) is 13.3 Å². The fraction of sp³-hybridized carbons (Fsp3) is 0.765. The maximum absolute atomic E-state index is 10.5. The first-order chi connectivity index (χ1) is 18.5. The molecule has 0 saturated heterocycles. The zero-order chi connectivity index (χ0) is 28.4. The van der Waals surface area contributed by atoms with Crippen LogP contribution in [0.3, 0.4) is 0 Å². The van der Waals surface area contributed by atoms with Crippen molar-refractivity contribution >= 4 is 11.9 Å². The highest BCUT2D eigenvalue weighted by atomic mass is 16.5. The molecule has 0 radical (unpaired) electrons. The Labute approximate surface area is 236 Å². The van der Waals surface area contributed by atoms with E-state index in [2.05, 4.69) is 50.3 Å². The number of carbonyl (C=O) groups is 2. The van der Waals surface area contributed by atoms with Crippen LogP contribution in [0.2, 0.25) is 0 Å². The number of carboxylic acid groups (broad SMARTS) is 1. The van der Waals surface area contributed by atoms with Crippen molar-refractivity contribution in [3.8, 4) is 0 Å². The van der Waals surface area contributed by atoms with Gasteiger partial charge in [0.2, 0.25) is 0 Å². The van der Waals surface area contributed by atoms with Crippen molar-refractivity contribution in [3.05, 3.63) is 36.5 Å². The van der Waals surface area contributed by atoms with E-state index in [1.54, 1.807) is 0 Å². The van der Waals surface area contributed by atoms with E-state index in [9.17, 15) is 9.59 Å². The molecule has 0 aliphatic rings. The van der Waals surface area contributed by atoms with Crippen LogP contribution in [-0.2, 0) is 14.3 Å². The molecule has 222 valence electrons. The Morgan fingerprint density at radius 2 is 0.895 bits per heavy atom. The highest BCUT2D eigenvalue weighted by molar-refractivity contribution is 5.66. The number of carboxylic acids is 1. The average molecular weight is 535 g/mol. The Morgan fingerprint density at radius 3 is 1.32 bits per heavy atom. The maximum atomic E-state index is 10.5. The number of unbranched alkanes of at least 4 members (excludes halogenated alkanes) is 16. The second kappa shape index (κ2) is 35.2. The molecule has 0 aliphatic heterocycles. The molecule has 1 N–H and O–H groups in total. The average Bonchev–Trinajstić information content (AvgIpc) is 2.89. The summed E-state index contributed by atoms with van der Waals surface area (Å²) in [5.41, 5.74) is 0. The topological polar surface area (TPSA) is 63.6 Å². The molecule has 4 heteroatoms. The second-order valence-electron chi connectivity index (χ2n) is 10.2. The molecule has 0 aromatic heterocycles. The summed E-state index contributed by atoms with van der Waals surface area (Å²) in [6.07, 6.45) is 39.5. The molecule has 0 heterocycles. The molecule has 0 aromatic rings. The van der Waals surface area contributed by atoms with Crippen LogP contribution in [-0.4, -0.2) is 23.7 Å². The van der Waals surface area contributed by atoms with Crippen molar-refractivity contribution in [1.82, 2.24) is 0 Å². The summed E-state index contributed by atoms with van der Waals surface area (Å²) in [5.74, 6) is -0.832. The van der Waals surface area contributed by atoms with Gasteiger partial charge in [0.05, 0.1) is 6.61 Å². The van der Waals surface area contributed by atoms with Gasteiger partial charge in [-0.3, -0.25) is 9.59 Å². The van der Waals surface area contributed by atoms with Gasteiger partial charge in [-0.15, -0.1) is 0 Å². The second-order valence-corrected chi connectivity index (χ2v) is 10.2. The van der Waals surface area contributed by atoms with Crippen molar-refractivity contribution in [1.29, 1.82) is 0 Å². The zero-order valence-corrected chi connectivity index (χ0v) is 25.4. The van der Waals surface area contributed by atoms with Gasteiger partial charge in [-0.2, -0.15) is 0 Å². The molecular formula is C34H62O4. The minimum Gasteiger partial charge on any atom is -0.481 e. The minimum absolute atomic E-state index is 0.170. The smallest absolute Gasteiger partial charge is 0.303 e. The third-order valence-electron chi connectivity index (χ3n) is 6.28. The van der Waals surface area contributed by atoms with E-state index in [4.69, 9.17) is 9.84 Å². The molecule has 38 heavy (non-hydrogen) atoms. The Balaban J connectivity index is 0. The van der Waals surface area contributed by atoms with Crippen molar-refractivity contribution in [3.63, 3.8) is 0 Å². The minimum atomic E-state index is -0.662. The molecule has 0 aliphatic carbocycles. The number of rotatable bonds is 26. The third-order valence-corrected chi connectivity index (χ3v) is 6.28. The first kappa shape index (κ1) is 38.3. The van der Waals surface area contributed by atoms with Crippen LogP contribution in [0.25, 0.3) is 0 Å². The van der Waals surface area contributed by atoms with Crippen LogP contribution in [0.4, 0.5) is 0 Å². The Morgan fingerprint density at radius 1 is 0.526 bits per heavy atom. The van der Waals surface area contributed by atoms with E-state index in [0.717, 1.165) is 32.1 Å². The molecule has 0 unspecified atom stereocenters. The third kappa shape index (κ3) is 41.3. The van der Waals surface area contributed by atoms with E-state index in [0.29, 0.717) is 13.0 Å². The highest BCUT2D eigenvalue weighted by Gasteiger charge is 1.96.